The molecule has 1 aliphatic carbocycles. The van der Waals surface area contributed by atoms with Gasteiger partial charge < -0.3 is 0 Å². The second-order valence-corrected chi connectivity index (χ2v) is 7.06. The van der Waals surface area contributed by atoms with Gasteiger partial charge in [0.2, 0.25) is 0 Å². The molecule has 1 radical (unpaired) electrons. The van der Waals surface area contributed by atoms with E-state index in [0.717, 1.165) is 0 Å². The van der Waals surface area contributed by atoms with Crippen LogP contribution in [0.25, 0.3) is 5.57 Å². The summed E-state index contributed by atoms with van der Waals surface area (Å²) in [6.07, 6.45) is 7.76. The van der Waals surface area contributed by atoms with Gasteiger partial charge in [0.25, 0.3) is 0 Å². The van der Waals surface area contributed by atoms with Crippen molar-refractivity contribution in [2.75, 3.05) is 0 Å². The molecular formula is C14H19Si. The average Bonchev–Trinajstić information content (AvgIpc) is 2.30. The van der Waals surface area contributed by atoms with Gasteiger partial charge >= 0.3 is 0 Å². The molecule has 1 aliphatic rings. The standard InChI is InChI=1S/C14H19Si/c1-15(2)14-11-7-6-10-13(14)12-8-4-3-5-9-12/h6-8,10-11H,3-5,9H2,1-2H3. The molecule has 0 unspecified atom stereocenters. The lowest BCUT2D eigenvalue weighted by atomic mass is 9.94. The minimum atomic E-state index is -0.331. The maximum absolute atomic E-state index is 2.45. The fourth-order valence-electron chi connectivity index (χ4n) is 2.28. The molecule has 0 bridgehead atoms. The summed E-state index contributed by atoms with van der Waals surface area (Å²) in [5, 5.41) is 1.61. The summed E-state index contributed by atoms with van der Waals surface area (Å²) in [7, 11) is -0.331. The summed E-state index contributed by atoms with van der Waals surface area (Å²) in [6.45, 7) is 4.76. The molecule has 0 atom stereocenters. The first kappa shape index (κ1) is 10.7. The van der Waals surface area contributed by atoms with E-state index in [9.17, 15) is 0 Å². The Morgan fingerprint density at radius 1 is 1.07 bits per heavy atom. The molecule has 0 nitrogen and oxygen atoms in total. The van der Waals surface area contributed by atoms with Gasteiger partial charge in [-0.15, -0.1) is 0 Å². The quantitative estimate of drug-likeness (QED) is 0.661. The second-order valence-electron chi connectivity index (χ2n) is 4.52. The van der Waals surface area contributed by atoms with Gasteiger partial charge in [-0.05, 0) is 36.8 Å². The van der Waals surface area contributed by atoms with Gasteiger partial charge in [-0.25, -0.2) is 0 Å². The van der Waals surface area contributed by atoms with Crippen molar-refractivity contribution in [2.45, 2.75) is 38.8 Å². The SMILES string of the molecule is C[Si](C)c1ccccc1C1=CCCCC1. The third kappa shape index (κ3) is 2.40. The number of hydrogen-bond acceptors (Lipinski definition) is 0. The van der Waals surface area contributed by atoms with Crippen molar-refractivity contribution >= 4 is 19.6 Å². The van der Waals surface area contributed by atoms with E-state index < -0.39 is 0 Å². The molecule has 0 saturated heterocycles. The summed E-state index contributed by atoms with van der Waals surface area (Å²) in [6, 6.07) is 8.99. The van der Waals surface area contributed by atoms with Gasteiger partial charge in [-0.3, -0.25) is 0 Å². The third-order valence-electron chi connectivity index (χ3n) is 3.10. The molecule has 0 saturated carbocycles. The first-order chi connectivity index (χ1) is 7.29. The molecule has 15 heavy (non-hydrogen) atoms. The van der Waals surface area contributed by atoms with Gasteiger partial charge in [0, 0.05) is 0 Å². The zero-order valence-corrected chi connectivity index (χ0v) is 10.7. The van der Waals surface area contributed by atoms with Crippen molar-refractivity contribution in [3.8, 4) is 0 Å². The van der Waals surface area contributed by atoms with Crippen LogP contribution in [0.5, 0.6) is 0 Å². The van der Waals surface area contributed by atoms with Crippen LogP contribution in [-0.2, 0) is 0 Å². The Morgan fingerprint density at radius 2 is 1.87 bits per heavy atom. The van der Waals surface area contributed by atoms with Crippen LogP contribution in [0, 0.1) is 0 Å². The first-order valence-electron chi connectivity index (χ1n) is 5.88. The molecule has 2 rings (SSSR count). The van der Waals surface area contributed by atoms with Gasteiger partial charge in [-0.1, -0.05) is 48.6 Å². The van der Waals surface area contributed by atoms with E-state index in [1.807, 2.05) is 0 Å². The zero-order chi connectivity index (χ0) is 10.7. The molecular weight excluding hydrogens is 196 g/mol. The van der Waals surface area contributed by atoms with Crippen LogP contribution < -0.4 is 5.19 Å². The van der Waals surface area contributed by atoms with Crippen molar-refractivity contribution in [3.63, 3.8) is 0 Å². The largest absolute Gasteiger partial charge is 0.0807 e. The first-order valence-corrected chi connectivity index (χ1v) is 8.38. The normalized spacial score (nSPS) is 16.6. The van der Waals surface area contributed by atoms with E-state index in [1.54, 1.807) is 10.8 Å². The van der Waals surface area contributed by atoms with E-state index in [0.29, 0.717) is 0 Å². The van der Waals surface area contributed by atoms with E-state index in [-0.39, 0.29) is 8.80 Å². The number of allylic oxidation sites excluding steroid dienone is 2. The Morgan fingerprint density at radius 3 is 2.53 bits per heavy atom. The van der Waals surface area contributed by atoms with Crippen LogP contribution >= 0.6 is 0 Å². The Bertz CT molecular complexity index is 363. The van der Waals surface area contributed by atoms with Crippen LogP contribution in [0.3, 0.4) is 0 Å². The molecule has 0 aliphatic heterocycles. The third-order valence-corrected chi connectivity index (χ3v) is 4.62. The number of hydrogen-bond donors (Lipinski definition) is 0. The Labute approximate surface area is 94.6 Å². The predicted molar refractivity (Wildman–Crippen MR) is 70.0 cm³/mol. The van der Waals surface area contributed by atoms with Gasteiger partial charge in [0.1, 0.15) is 0 Å². The zero-order valence-electron chi connectivity index (χ0n) is 9.72. The molecule has 1 heteroatoms. The monoisotopic (exact) mass is 215 g/mol. The molecule has 1 aromatic carbocycles. The van der Waals surface area contributed by atoms with Crippen LogP contribution in [0.15, 0.2) is 30.3 Å². The lowest BCUT2D eigenvalue weighted by Gasteiger charge is -2.17. The number of rotatable bonds is 2. The van der Waals surface area contributed by atoms with E-state index in [4.69, 9.17) is 0 Å². The Hall–Kier alpha value is -0.823. The van der Waals surface area contributed by atoms with Crippen LogP contribution in [-0.4, -0.2) is 8.80 Å². The molecule has 0 amide bonds. The fourth-order valence-corrected chi connectivity index (χ4v) is 3.49. The summed E-state index contributed by atoms with van der Waals surface area (Å²) >= 11 is 0. The lowest BCUT2D eigenvalue weighted by molar-refractivity contribution is 0.742. The van der Waals surface area contributed by atoms with Gasteiger partial charge in [-0.2, -0.15) is 0 Å². The second kappa shape index (κ2) is 4.80. The van der Waals surface area contributed by atoms with Crippen LogP contribution in [0.2, 0.25) is 13.1 Å². The van der Waals surface area contributed by atoms with Crippen molar-refractivity contribution in [1.82, 2.24) is 0 Å². The fraction of sp³-hybridized carbons (Fsp3) is 0.429. The van der Waals surface area contributed by atoms with Crippen LogP contribution in [0.1, 0.15) is 31.2 Å². The number of benzene rings is 1. The molecule has 1 aromatic rings. The molecule has 0 spiro atoms. The van der Waals surface area contributed by atoms with Crippen molar-refractivity contribution in [1.29, 1.82) is 0 Å². The molecule has 79 valence electrons. The molecule has 0 fully saturated rings. The molecule has 0 aromatic heterocycles. The maximum atomic E-state index is 2.45. The minimum Gasteiger partial charge on any atom is -0.0807 e. The summed E-state index contributed by atoms with van der Waals surface area (Å²) in [4.78, 5) is 0. The highest BCUT2D eigenvalue weighted by Crippen LogP contribution is 2.25. The van der Waals surface area contributed by atoms with Crippen molar-refractivity contribution < 1.29 is 0 Å². The Balaban J connectivity index is 2.38. The predicted octanol–water partition coefficient (Wildman–Crippen LogP) is 3.61. The minimum absolute atomic E-state index is 0.331. The van der Waals surface area contributed by atoms with Crippen LogP contribution in [0.4, 0.5) is 0 Å². The summed E-state index contributed by atoms with van der Waals surface area (Å²) < 4.78 is 0. The maximum Gasteiger partial charge on any atom is 0.0799 e. The van der Waals surface area contributed by atoms with Crippen molar-refractivity contribution in [2.24, 2.45) is 0 Å². The van der Waals surface area contributed by atoms with E-state index >= 15 is 0 Å². The topological polar surface area (TPSA) is 0 Å². The van der Waals surface area contributed by atoms with Gasteiger partial charge in [0.05, 0.1) is 8.80 Å². The highest BCUT2D eigenvalue weighted by atomic mass is 28.3. The highest BCUT2D eigenvalue weighted by Gasteiger charge is 2.12. The smallest absolute Gasteiger partial charge is 0.0799 e. The van der Waals surface area contributed by atoms with Crippen molar-refractivity contribution in [3.05, 3.63) is 35.9 Å². The Kier molecular flexibility index (Phi) is 3.42. The molecule has 0 N–H and O–H groups in total. The molecule has 0 heterocycles. The van der Waals surface area contributed by atoms with Gasteiger partial charge in [0.15, 0.2) is 0 Å². The average molecular weight is 215 g/mol. The lowest BCUT2D eigenvalue weighted by Crippen LogP contribution is -2.26. The highest BCUT2D eigenvalue weighted by molar-refractivity contribution is 6.71. The van der Waals surface area contributed by atoms with E-state index in [1.165, 1.54) is 31.2 Å². The summed E-state index contributed by atoms with van der Waals surface area (Å²) in [5.74, 6) is 0. The summed E-state index contributed by atoms with van der Waals surface area (Å²) in [5.41, 5.74) is 3.14. The van der Waals surface area contributed by atoms with E-state index in [2.05, 4.69) is 43.4 Å².